The molecule has 0 aliphatic rings. The molecule has 0 saturated heterocycles. The lowest BCUT2D eigenvalue weighted by atomic mass is 9.88. The first-order valence-electron chi connectivity index (χ1n) is 7.24. The molecule has 2 unspecified atom stereocenters. The fourth-order valence-electron chi connectivity index (χ4n) is 2.43. The van der Waals surface area contributed by atoms with Gasteiger partial charge in [0.2, 0.25) is 0 Å². The van der Waals surface area contributed by atoms with E-state index >= 15 is 0 Å². The van der Waals surface area contributed by atoms with Gasteiger partial charge in [-0.3, -0.25) is 4.79 Å². The highest BCUT2D eigenvalue weighted by atomic mass is 35.5. The van der Waals surface area contributed by atoms with E-state index in [-0.39, 0.29) is 6.54 Å². The first kappa shape index (κ1) is 17.0. The molecule has 3 nitrogen and oxygen atoms in total. The van der Waals surface area contributed by atoms with Crippen LogP contribution in [-0.2, 0) is 11.2 Å². The Morgan fingerprint density at radius 2 is 2.00 bits per heavy atom. The lowest BCUT2D eigenvalue weighted by Gasteiger charge is -2.18. The zero-order valence-corrected chi connectivity index (χ0v) is 12.8. The Labute approximate surface area is 126 Å². The standard InChI is InChI=1S/C16H24ClNO2/c1-2-12(10-14(11-18)16(19)20)4-3-5-13-6-8-15(17)9-7-13/h6-9,12,14H,2-5,10-11,18H2,1H3,(H,19,20). The Balaban J connectivity index is 2.37. The van der Waals surface area contributed by atoms with Crippen molar-refractivity contribution < 1.29 is 9.90 Å². The molecule has 0 fully saturated rings. The molecule has 0 heterocycles. The number of benzene rings is 1. The maximum atomic E-state index is 11.0. The zero-order chi connectivity index (χ0) is 15.0. The van der Waals surface area contributed by atoms with Crippen LogP contribution in [0, 0.1) is 11.8 Å². The minimum atomic E-state index is -0.774. The first-order valence-corrected chi connectivity index (χ1v) is 7.61. The molecule has 0 aromatic heterocycles. The van der Waals surface area contributed by atoms with E-state index in [4.69, 9.17) is 22.4 Å². The number of halogens is 1. The predicted octanol–water partition coefficient (Wildman–Crippen LogP) is 3.74. The van der Waals surface area contributed by atoms with Crippen LogP contribution in [0.15, 0.2) is 24.3 Å². The number of carboxylic acid groups (broad SMARTS) is 1. The number of rotatable bonds is 9. The van der Waals surface area contributed by atoms with Gasteiger partial charge >= 0.3 is 5.97 Å². The van der Waals surface area contributed by atoms with E-state index in [1.807, 2.05) is 24.3 Å². The van der Waals surface area contributed by atoms with Crippen molar-refractivity contribution in [3.63, 3.8) is 0 Å². The van der Waals surface area contributed by atoms with Crippen LogP contribution < -0.4 is 5.73 Å². The van der Waals surface area contributed by atoms with Gasteiger partial charge in [-0.15, -0.1) is 0 Å². The van der Waals surface area contributed by atoms with Crippen LogP contribution in [0.5, 0.6) is 0 Å². The molecular formula is C16H24ClNO2. The molecular weight excluding hydrogens is 274 g/mol. The largest absolute Gasteiger partial charge is 0.481 e. The summed E-state index contributed by atoms with van der Waals surface area (Å²) in [7, 11) is 0. The minimum absolute atomic E-state index is 0.225. The summed E-state index contributed by atoms with van der Waals surface area (Å²) in [5.74, 6) is -0.744. The second-order valence-electron chi connectivity index (χ2n) is 5.30. The summed E-state index contributed by atoms with van der Waals surface area (Å²) in [4.78, 5) is 11.0. The van der Waals surface area contributed by atoms with Crippen molar-refractivity contribution in [3.8, 4) is 0 Å². The second-order valence-corrected chi connectivity index (χ2v) is 5.74. The van der Waals surface area contributed by atoms with E-state index in [0.29, 0.717) is 12.3 Å². The molecule has 0 saturated carbocycles. The number of hydrogen-bond acceptors (Lipinski definition) is 2. The molecule has 0 bridgehead atoms. The van der Waals surface area contributed by atoms with Crippen LogP contribution in [0.4, 0.5) is 0 Å². The van der Waals surface area contributed by atoms with Crippen molar-refractivity contribution >= 4 is 17.6 Å². The topological polar surface area (TPSA) is 63.3 Å². The Bertz CT molecular complexity index is 405. The van der Waals surface area contributed by atoms with Gasteiger partial charge in [-0.05, 0) is 42.9 Å². The number of carbonyl (C=O) groups is 1. The van der Waals surface area contributed by atoms with Crippen molar-refractivity contribution in [2.75, 3.05) is 6.54 Å². The first-order chi connectivity index (χ1) is 9.56. The predicted molar refractivity (Wildman–Crippen MR) is 83.0 cm³/mol. The minimum Gasteiger partial charge on any atom is -0.481 e. The smallest absolute Gasteiger partial charge is 0.307 e. The molecule has 112 valence electrons. The Morgan fingerprint density at radius 1 is 1.35 bits per heavy atom. The molecule has 2 atom stereocenters. The zero-order valence-electron chi connectivity index (χ0n) is 12.0. The summed E-state index contributed by atoms with van der Waals surface area (Å²) in [6, 6.07) is 7.90. The number of carboxylic acids is 1. The lowest BCUT2D eigenvalue weighted by Crippen LogP contribution is -2.25. The molecule has 0 aliphatic heterocycles. The third kappa shape index (κ3) is 5.93. The van der Waals surface area contributed by atoms with Gasteiger partial charge in [0.15, 0.2) is 0 Å². The molecule has 0 aliphatic carbocycles. The molecule has 0 spiro atoms. The van der Waals surface area contributed by atoms with Crippen LogP contribution in [-0.4, -0.2) is 17.6 Å². The van der Waals surface area contributed by atoms with E-state index in [1.165, 1.54) is 5.56 Å². The normalized spacial score (nSPS) is 13.9. The van der Waals surface area contributed by atoms with Crippen molar-refractivity contribution in [1.82, 2.24) is 0 Å². The fraction of sp³-hybridized carbons (Fsp3) is 0.562. The van der Waals surface area contributed by atoms with E-state index in [9.17, 15) is 4.79 Å². The van der Waals surface area contributed by atoms with Gasteiger partial charge in [-0.2, -0.15) is 0 Å². The average Bonchev–Trinajstić information content (AvgIpc) is 2.44. The highest BCUT2D eigenvalue weighted by Crippen LogP contribution is 2.22. The summed E-state index contributed by atoms with van der Waals surface area (Å²) >= 11 is 5.85. The van der Waals surface area contributed by atoms with Crippen molar-refractivity contribution in [2.24, 2.45) is 17.6 Å². The average molecular weight is 298 g/mol. The second kappa shape index (κ2) is 8.98. The third-order valence-electron chi connectivity index (χ3n) is 3.82. The number of aryl methyl sites for hydroxylation is 1. The van der Waals surface area contributed by atoms with E-state index in [2.05, 4.69) is 6.92 Å². The maximum absolute atomic E-state index is 11.0. The number of aliphatic carboxylic acids is 1. The van der Waals surface area contributed by atoms with Crippen molar-refractivity contribution in [2.45, 2.75) is 39.0 Å². The van der Waals surface area contributed by atoms with Gasteiger partial charge < -0.3 is 10.8 Å². The Morgan fingerprint density at radius 3 is 2.50 bits per heavy atom. The summed E-state index contributed by atoms with van der Waals surface area (Å²) in [5.41, 5.74) is 6.79. The van der Waals surface area contributed by atoms with E-state index < -0.39 is 11.9 Å². The van der Waals surface area contributed by atoms with E-state index in [1.54, 1.807) is 0 Å². The van der Waals surface area contributed by atoms with Gasteiger partial charge in [0, 0.05) is 11.6 Å². The van der Waals surface area contributed by atoms with Gasteiger partial charge in [-0.1, -0.05) is 43.5 Å². The van der Waals surface area contributed by atoms with Crippen LogP contribution in [0.1, 0.15) is 38.2 Å². The molecule has 3 N–H and O–H groups in total. The molecule has 1 aromatic rings. The van der Waals surface area contributed by atoms with Crippen LogP contribution in [0.25, 0.3) is 0 Å². The Kier molecular flexibility index (Phi) is 7.63. The van der Waals surface area contributed by atoms with E-state index in [0.717, 1.165) is 30.7 Å². The molecule has 1 aromatic carbocycles. The van der Waals surface area contributed by atoms with Gasteiger partial charge in [-0.25, -0.2) is 0 Å². The molecule has 4 heteroatoms. The highest BCUT2D eigenvalue weighted by Gasteiger charge is 2.20. The van der Waals surface area contributed by atoms with Gasteiger partial charge in [0.05, 0.1) is 5.92 Å². The lowest BCUT2D eigenvalue weighted by molar-refractivity contribution is -0.142. The summed E-state index contributed by atoms with van der Waals surface area (Å²) in [5, 5.41) is 9.81. The number of hydrogen-bond donors (Lipinski definition) is 2. The molecule has 0 amide bonds. The van der Waals surface area contributed by atoms with Crippen LogP contribution in [0.2, 0.25) is 5.02 Å². The Hall–Kier alpha value is -1.06. The monoisotopic (exact) mass is 297 g/mol. The quantitative estimate of drug-likeness (QED) is 0.730. The summed E-state index contributed by atoms with van der Waals surface area (Å²) in [6.07, 6.45) is 4.81. The summed E-state index contributed by atoms with van der Waals surface area (Å²) < 4.78 is 0. The highest BCUT2D eigenvalue weighted by molar-refractivity contribution is 6.30. The van der Waals surface area contributed by atoms with Gasteiger partial charge in [0.1, 0.15) is 0 Å². The van der Waals surface area contributed by atoms with Gasteiger partial charge in [0.25, 0.3) is 0 Å². The summed E-state index contributed by atoms with van der Waals surface area (Å²) in [6.45, 7) is 2.34. The SMILES string of the molecule is CCC(CCCc1ccc(Cl)cc1)CC(CN)C(=O)O. The molecule has 0 radical (unpaired) electrons. The fourth-order valence-corrected chi connectivity index (χ4v) is 2.56. The molecule has 1 rings (SSSR count). The third-order valence-corrected chi connectivity index (χ3v) is 4.07. The number of nitrogens with two attached hydrogens (primary N) is 1. The van der Waals surface area contributed by atoms with Crippen LogP contribution in [0.3, 0.4) is 0 Å². The van der Waals surface area contributed by atoms with Crippen molar-refractivity contribution in [1.29, 1.82) is 0 Å². The van der Waals surface area contributed by atoms with Crippen LogP contribution >= 0.6 is 11.6 Å². The van der Waals surface area contributed by atoms with Crippen molar-refractivity contribution in [3.05, 3.63) is 34.9 Å². The molecule has 20 heavy (non-hydrogen) atoms. The maximum Gasteiger partial charge on any atom is 0.307 e.